The molecule has 0 spiro atoms. The van der Waals surface area contributed by atoms with Crippen LogP contribution in [-0.2, 0) is 0 Å². The van der Waals surface area contributed by atoms with E-state index in [1.54, 1.807) is 0 Å². The molecule has 0 aliphatic rings. The van der Waals surface area contributed by atoms with Gasteiger partial charge in [-0.1, -0.05) is 0 Å². The van der Waals surface area contributed by atoms with E-state index in [4.69, 9.17) is 0 Å². The molecular formula is C20H22N6S. The average Bonchev–Trinajstić information content (AvgIpc) is 3.13. The molecule has 3 aromatic rings. The van der Waals surface area contributed by atoms with E-state index < -0.39 is 0 Å². The Hall–Kier alpha value is -2.93. The Kier molecular flexibility index (Phi) is 6.38. The minimum atomic E-state index is 0.767. The molecule has 0 aliphatic carbocycles. The first-order valence-electron chi connectivity index (χ1n) is 8.90. The Morgan fingerprint density at radius 2 is 1.26 bits per heavy atom. The quantitative estimate of drug-likeness (QED) is 0.410. The molecule has 0 atom stereocenters. The standard InChI is InChI=1S/C20H22N6S/c1-4-26(5-2)19-12-10-18(11-13-19)22-21-16-6-8-17(9-7-16)23-24-20-14-15(3)25-27-20/h6-14H,4-5H2,1-3H3/b22-21+,24-23+. The van der Waals surface area contributed by atoms with Crippen LogP contribution in [0.1, 0.15) is 19.5 Å². The van der Waals surface area contributed by atoms with Gasteiger partial charge in [-0.05, 0) is 86.9 Å². The number of anilines is 1. The summed E-state index contributed by atoms with van der Waals surface area (Å²) in [6.07, 6.45) is 0. The minimum absolute atomic E-state index is 0.767. The molecule has 2 aromatic carbocycles. The zero-order valence-electron chi connectivity index (χ0n) is 15.7. The largest absolute Gasteiger partial charge is 0.372 e. The average molecular weight is 379 g/mol. The van der Waals surface area contributed by atoms with Gasteiger partial charge in [-0.15, -0.1) is 10.2 Å². The van der Waals surface area contributed by atoms with E-state index in [0.29, 0.717) is 0 Å². The van der Waals surface area contributed by atoms with Gasteiger partial charge in [-0.25, -0.2) is 0 Å². The molecule has 138 valence electrons. The molecular weight excluding hydrogens is 356 g/mol. The number of rotatable bonds is 7. The van der Waals surface area contributed by atoms with Crippen molar-refractivity contribution >= 4 is 39.3 Å². The number of azo groups is 2. The molecule has 0 fully saturated rings. The van der Waals surface area contributed by atoms with Crippen LogP contribution in [0, 0.1) is 6.92 Å². The SMILES string of the molecule is CCN(CC)c1ccc(/N=N/c2ccc(/N=N/c3cc(C)ns3)cc2)cc1. The van der Waals surface area contributed by atoms with Gasteiger partial charge in [0.05, 0.1) is 22.8 Å². The van der Waals surface area contributed by atoms with Crippen molar-refractivity contribution in [2.75, 3.05) is 18.0 Å². The first-order chi connectivity index (χ1) is 13.2. The van der Waals surface area contributed by atoms with Crippen LogP contribution in [-0.4, -0.2) is 17.5 Å². The Morgan fingerprint density at radius 1 is 0.778 bits per heavy atom. The molecule has 0 N–H and O–H groups in total. The lowest BCUT2D eigenvalue weighted by Crippen LogP contribution is -2.21. The lowest BCUT2D eigenvalue weighted by molar-refractivity contribution is 0.866. The second-order valence-corrected chi connectivity index (χ2v) is 6.70. The highest BCUT2D eigenvalue weighted by atomic mass is 32.1. The van der Waals surface area contributed by atoms with Crippen molar-refractivity contribution in [1.29, 1.82) is 0 Å². The van der Waals surface area contributed by atoms with Crippen molar-refractivity contribution in [3.05, 3.63) is 60.3 Å². The van der Waals surface area contributed by atoms with Crippen molar-refractivity contribution < 1.29 is 0 Å². The molecule has 0 amide bonds. The summed E-state index contributed by atoms with van der Waals surface area (Å²) >= 11 is 1.34. The summed E-state index contributed by atoms with van der Waals surface area (Å²) in [5, 5.41) is 17.8. The van der Waals surface area contributed by atoms with Crippen LogP contribution in [0.3, 0.4) is 0 Å². The first kappa shape index (κ1) is 18.8. The summed E-state index contributed by atoms with van der Waals surface area (Å²) in [7, 11) is 0. The zero-order chi connectivity index (χ0) is 19.1. The zero-order valence-corrected chi connectivity index (χ0v) is 16.5. The van der Waals surface area contributed by atoms with Gasteiger partial charge in [-0.3, -0.25) is 0 Å². The maximum atomic E-state index is 4.30. The monoisotopic (exact) mass is 378 g/mol. The van der Waals surface area contributed by atoms with Crippen molar-refractivity contribution in [1.82, 2.24) is 4.37 Å². The Labute approximate surface area is 163 Å². The van der Waals surface area contributed by atoms with Crippen molar-refractivity contribution in [2.45, 2.75) is 20.8 Å². The summed E-state index contributed by atoms with van der Waals surface area (Å²) in [6.45, 7) is 8.22. The van der Waals surface area contributed by atoms with E-state index in [-0.39, 0.29) is 0 Å². The molecule has 7 heteroatoms. The summed E-state index contributed by atoms with van der Waals surface area (Å²) in [5.41, 5.74) is 4.52. The van der Waals surface area contributed by atoms with Crippen LogP contribution in [0.5, 0.6) is 0 Å². The van der Waals surface area contributed by atoms with Crippen molar-refractivity contribution in [2.24, 2.45) is 20.5 Å². The van der Waals surface area contributed by atoms with Gasteiger partial charge in [0.15, 0.2) is 5.00 Å². The fraction of sp³-hybridized carbons (Fsp3) is 0.250. The second kappa shape index (κ2) is 9.14. The molecule has 0 saturated carbocycles. The summed E-state index contributed by atoms with van der Waals surface area (Å²) < 4.78 is 4.18. The van der Waals surface area contributed by atoms with Gasteiger partial charge < -0.3 is 4.90 Å². The fourth-order valence-corrected chi connectivity index (χ4v) is 3.12. The van der Waals surface area contributed by atoms with Gasteiger partial charge in [-0.2, -0.15) is 14.6 Å². The third-order valence-electron chi connectivity index (χ3n) is 3.99. The molecule has 0 bridgehead atoms. The van der Waals surface area contributed by atoms with E-state index in [1.807, 2.05) is 49.4 Å². The predicted molar refractivity (Wildman–Crippen MR) is 112 cm³/mol. The maximum Gasteiger partial charge on any atom is 0.159 e. The van der Waals surface area contributed by atoms with Crippen LogP contribution in [0.4, 0.5) is 27.8 Å². The van der Waals surface area contributed by atoms with Gasteiger partial charge >= 0.3 is 0 Å². The van der Waals surface area contributed by atoms with E-state index in [9.17, 15) is 0 Å². The van der Waals surface area contributed by atoms with Crippen LogP contribution in [0.2, 0.25) is 0 Å². The van der Waals surface area contributed by atoms with Gasteiger partial charge in [0.25, 0.3) is 0 Å². The first-order valence-corrected chi connectivity index (χ1v) is 9.67. The lowest BCUT2D eigenvalue weighted by Gasteiger charge is -2.20. The van der Waals surface area contributed by atoms with Crippen molar-refractivity contribution in [3.8, 4) is 0 Å². The number of benzene rings is 2. The number of nitrogens with zero attached hydrogens (tertiary/aromatic N) is 6. The highest BCUT2D eigenvalue weighted by Crippen LogP contribution is 2.26. The van der Waals surface area contributed by atoms with E-state index >= 15 is 0 Å². The topological polar surface area (TPSA) is 65.6 Å². The molecule has 6 nitrogen and oxygen atoms in total. The van der Waals surface area contributed by atoms with Gasteiger partial charge in [0.2, 0.25) is 0 Å². The molecule has 1 heterocycles. The van der Waals surface area contributed by atoms with E-state index in [2.05, 4.69) is 55.7 Å². The predicted octanol–water partition coefficient (Wildman–Crippen LogP) is 7.13. The van der Waals surface area contributed by atoms with Gasteiger partial charge in [0, 0.05) is 18.8 Å². The number of hydrogen-bond acceptors (Lipinski definition) is 7. The molecule has 0 unspecified atom stereocenters. The Bertz CT molecular complexity index is 908. The normalized spacial score (nSPS) is 11.5. The Morgan fingerprint density at radius 3 is 1.70 bits per heavy atom. The van der Waals surface area contributed by atoms with Crippen molar-refractivity contribution in [3.63, 3.8) is 0 Å². The summed E-state index contributed by atoms with van der Waals surface area (Å²) in [4.78, 5) is 2.29. The molecule has 1 aromatic heterocycles. The minimum Gasteiger partial charge on any atom is -0.372 e. The smallest absolute Gasteiger partial charge is 0.159 e. The molecule has 27 heavy (non-hydrogen) atoms. The third kappa shape index (κ3) is 5.27. The summed E-state index contributed by atoms with van der Waals surface area (Å²) in [6, 6.07) is 17.5. The second-order valence-electron chi connectivity index (χ2n) is 5.91. The van der Waals surface area contributed by atoms with Gasteiger partial charge in [0.1, 0.15) is 0 Å². The van der Waals surface area contributed by atoms with Crippen LogP contribution >= 0.6 is 11.5 Å². The van der Waals surface area contributed by atoms with E-state index in [0.717, 1.165) is 40.8 Å². The third-order valence-corrected chi connectivity index (χ3v) is 4.75. The fourth-order valence-electron chi connectivity index (χ4n) is 2.52. The highest BCUT2D eigenvalue weighted by Gasteiger charge is 2.01. The maximum absolute atomic E-state index is 4.30. The number of hydrogen-bond donors (Lipinski definition) is 0. The lowest BCUT2D eigenvalue weighted by atomic mass is 10.2. The van der Waals surface area contributed by atoms with E-state index in [1.165, 1.54) is 17.2 Å². The molecule has 3 rings (SSSR count). The molecule has 0 saturated heterocycles. The van der Waals surface area contributed by atoms with Crippen LogP contribution in [0.25, 0.3) is 0 Å². The summed E-state index contributed by atoms with van der Waals surface area (Å²) in [5.74, 6) is 0. The molecule has 0 aliphatic heterocycles. The number of aromatic nitrogens is 1. The molecule has 0 radical (unpaired) electrons. The highest BCUT2D eigenvalue weighted by molar-refractivity contribution is 7.09. The van der Waals surface area contributed by atoms with Crippen LogP contribution in [0.15, 0.2) is 75.1 Å². The number of aryl methyl sites for hydroxylation is 1. The Balaban J connectivity index is 1.63. The van der Waals surface area contributed by atoms with Crippen LogP contribution < -0.4 is 4.90 Å².